The van der Waals surface area contributed by atoms with Gasteiger partial charge in [0.15, 0.2) is 0 Å². The molecule has 0 radical (unpaired) electrons. The zero-order valence-electron chi connectivity index (χ0n) is 17.2. The lowest BCUT2D eigenvalue weighted by Gasteiger charge is -2.14. The van der Waals surface area contributed by atoms with Crippen molar-refractivity contribution in [3.8, 4) is 51.0 Å². The van der Waals surface area contributed by atoms with Gasteiger partial charge in [-0.2, -0.15) is 0 Å². The highest BCUT2D eigenvalue weighted by molar-refractivity contribution is 5.95. The molecule has 0 aliphatic rings. The largest absolute Gasteiger partial charge is 0.508 e. The Bertz CT molecular complexity index is 1420. The van der Waals surface area contributed by atoms with Crippen LogP contribution in [0.3, 0.4) is 0 Å². The van der Waals surface area contributed by atoms with E-state index in [-0.39, 0.29) is 39.9 Å². The number of phenols is 5. The monoisotopic (exact) mass is 424 g/mol. The first-order chi connectivity index (χ1) is 15.3. The third-order valence-corrected chi connectivity index (χ3v) is 5.74. The van der Waals surface area contributed by atoms with Gasteiger partial charge in [0.05, 0.1) is 0 Å². The minimum Gasteiger partial charge on any atom is -0.508 e. The third kappa shape index (κ3) is 3.20. The Morgan fingerprint density at radius 1 is 0.406 bits per heavy atom. The normalized spacial score (nSPS) is 11.3. The van der Waals surface area contributed by atoms with Crippen LogP contribution < -0.4 is 0 Å². The van der Waals surface area contributed by atoms with Gasteiger partial charge in [0.2, 0.25) is 0 Å². The van der Waals surface area contributed by atoms with Crippen LogP contribution in [0.1, 0.15) is 5.56 Å². The van der Waals surface area contributed by atoms with Gasteiger partial charge in [0, 0.05) is 22.3 Å². The summed E-state index contributed by atoms with van der Waals surface area (Å²) in [6.45, 7) is 1.97. The summed E-state index contributed by atoms with van der Waals surface area (Å²) in [7, 11) is 0. The smallest absolute Gasteiger partial charge is 0.124 e. The van der Waals surface area contributed by atoms with Gasteiger partial charge >= 0.3 is 0 Å². The highest BCUT2D eigenvalue weighted by atomic mass is 16.3. The molecule has 5 aromatic rings. The SMILES string of the molecule is Cc1ccc2cc(O)c(-c3cc(O)c(-c4cc5cc(O)ccc5cc4O)cc3O)cc2c1. The van der Waals surface area contributed by atoms with Crippen molar-refractivity contribution < 1.29 is 25.5 Å². The van der Waals surface area contributed by atoms with Crippen molar-refractivity contribution in [1.29, 1.82) is 0 Å². The zero-order chi connectivity index (χ0) is 22.6. The molecule has 0 unspecified atom stereocenters. The summed E-state index contributed by atoms with van der Waals surface area (Å²) < 4.78 is 0. The molecule has 0 aliphatic heterocycles. The first kappa shape index (κ1) is 19.6. The Balaban J connectivity index is 1.68. The molecule has 5 heteroatoms. The maximum absolute atomic E-state index is 10.8. The van der Waals surface area contributed by atoms with E-state index in [2.05, 4.69) is 0 Å². The van der Waals surface area contributed by atoms with Crippen LogP contribution in [0.25, 0.3) is 43.8 Å². The fourth-order valence-electron chi connectivity index (χ4n) is 4.12. The van der Waals surface area contributed by atoms with E-state index in [4.69, 9.17) is 0 Å². The average molecular weight is 424 g/mol. The highest BCUT2D eigenvalue weighted by Gasteiger charge is 2.18. The number of hydrogen-bond acceptors (Lipinski definition) is 5. The summed E-state index contributed by atoms with van der Waals surface area (Å²) in [6.07, 6.45) is 0. The maximum Gasteiger partial charge on any atom is 0.124 e. The van der Waals surface area contributed by atoms with Crippen molar-refractivity contribution in [3.63, 3.8) is 0 Å². The number of benzene rings is 5. The van der Waals surface area contributed by atoms with Gasteiger partial charge in [0.1, 0.15) is 28.7 Å². The number of phenolic OH excluding ortho intramolecular Hbond substituents is 5. The molecule has 158 valence electrons. The second-order valence-corrected chi connectivity index (χ2v) is 8.01. The second-order valence-electron chi connectivity index (χ2n) is 8.01. The molecular formula is C27H20O5. The minimum absolute atomic E-state index is 0.0205. The topological polar surface area (TPSA) is 101 Å². The molecule has 0 fully saturated rings. The molecule has 0 saturated heterocycles. The van der Waals surface area contributed by atoms with E-state index in [0.717, 1.165) is 21.7 Å². The molecule has 5 aromatic carbocycles. The molecule has 0 spiro atoms. The van der Waals surface area contributed by atoms with Gasteiger partial charge in [0.25, 0.3) is 0 Å². The zero-order valence-corrected chi connectivity index (χ0v) is 17.2. The van der Waals surface area contributed by atoms with Crippen molar-refractivity contribution in [2.24, 2.45) is 0 Å². The number of fused-ring (bicyclic) bond motifs is 2. The number of hydrogen-bond donors (Lipinski definition) is 5. The Kier molecular flexibility index (Phi) is 4.34. The second kappa shape index (κ2) is 7.10. The first-order valence-corrected chi connectivity index (χ1v) is 10.1. The van der Waals surface area contributed by atoms with Crippen molar-refractivity contribution in [2.45, 2.75) is 6.92 Å². The molecule has 0 bridgehead atoms. The van der Waals surface area contributed by atoms with Gasteiger partial charge in [-0.3, -0.25) is 0 Å². The van der Waals surface area contributed by atoms with Crippen molar-refractivity contribution in [1.82, 2.24) is 0 Å². The summed E-state index contributed by atoms with van der Waals surface area (Å²) in [4.78, 5) is 0. The highest BCUT2D eigenvalue weighted by Crippen LogP contribution is 2.46. The van der Waals surface area contributed by atoms with Crippen molar-refractivity contribution >= 4 is 21.5 Å². The van der Waals surface area contributed by atoms with Crippen LogP contribution in [-0.4, -0.2) is 25.5 Å². The molecule has 5 N–H and O–H groups in total. The molecule has 0 amide bonds. The molecule has 0 saturated carbocycles. The van der Waals surface area contributed by atoms with E-state index in [1.165, 1.54) is 24.3 Å². The average Bonchev–Trinajstić information content (AvgIpc) is 2.75. The minimum atomic E-state index is -0.170. The van der Waals surface area contributed by atoms with Gasteiger partial charge in [-0.15, -0.1) is 0 Å². The summed E-state index contributed by atoms with van der Waals surface area (Å²) in [5.41, 5.74) is 2.25. The van der Waals surface area contributed by atoms with Crippen LogP contribution in [0, 0.1) is 6.92 Å². The lowest BCUT2D eigenvalue weighted by Crippen LogP contribution is -1.87. The van der Waals surface area contributed by atoms with Gasteiger partial charge in [-0.25, -0.2) is 0 Å². The molecule has 5 nitrogen and oxygen atoms in total. The fraction of sp³-hybridized carbons (Fsp3) is 0.0370. The van der Waals surface area contributed by atoms with Gasteiger partial charge < -0.3 is 25.5 Å². The Hall–Kier alpha value is -4.38. The summed E-state index contributed by atoms with van der Waals surface area (Å²) >= 11 is 0. The standard InChI is InChI=1S/C27H20O5/c1-14-2-3-15-10-24(29)20(8-17(15)6-14)22-12-27(32)23(13-26(22)31)21-9-18-7-19(28)5-4-16(18)11-25(21)30/h2-13,28-32H,1H3. The quantitative estimate of drug-likeness (QED) is 0.218. The van der Waals surface area contributed by atoms with E-state index in [1.807, 2.05) is 25.1 Å². The molecule has 0 atom stereocenters. The van der Waals surface area contributed by atoms with E-state index < -0.39 is 0 Å². The van der Waals surface area contributed by atoms with Crippen LogP contribution in [0.5, 0.6) is 28.7 Å². The molecule has 0 heterocycles. The van der Waals surface area contributed by atoms with Crippen LogP contribution in [-0.2, 0) is 0 Å². The van der Waals surface area contributed by atoms with Crippen LogP contribution >= 0.6 is 0 Å². The first-order valence-electron chi connectivity index (χ1n) is 10.1. The number of aromatic hydroxyl groups is 5. The van der Waals surface area contributed by atoms with E-state index in [1.54, 1.807) is 30.3 Å². The van der Waals surface area contributed by atoms with Crippen molar-refractivity contribution in [3.05, 3.63) is 78.4 Å². The van der Waals surface area contributed by atoms with E-state index in [0.29, 0.717) is 16.5 Å². The Morgan fingerprint density at radius 2 is 0.844 bits per heavy atom. The lowest BCUT2D eigenvalue weighted by molar-refractivity contribution is 0.458. The Labute approximate surface area is 183 Å². The summed E-state index contributed by atoms with van der Waals surface area (Å²) in [6, 6.07) is 19.9. The van der Waals surface area contributed by atoms with Crippen molar-refractivity contribution in [2.75, 3.05) is 0 Å². The molecule has 5 rings (SSSR count). The molecule has 0 aromatic heterocycles. The predicted octanol–water partition coefficient (Wildman–Crippen LogP) is 6.16. The molecule has 32 heavy (non-hydrogen) atoms. The molecule has 0 aliphatic carbocycles. The lowest BCUT2D eigenvalue weighted by atomic mass is 9.94. The van der Waals surface area contributed by atoms with Gasteiger partial charge in [-0.05, 0) is 77.0 Å². The van der Waals surface area contributed by atoms with E-state index >= 15 is 0 Å². The van der Waals surface area contributed by atoms with Crippen LogP contribution in [0.2, 0.25) is 0 Å². The fourth-order valence-corrected chi connectivity index (χ4v) is 4.12. The predicted molar refractivity (Wildman–Crippen MR) is 125 cm³/mol. The maximum atomic E-state index is 10.8. The van der Waals surface area contributed by atoms with E-state index in [9.17, 15) is 25.5 Å². The number of rotatable bonds is 2. The third-order valence-electron chi connectivity index (χ3n) is 5.74. The van der Waals surface area contributed by atoms with Crippen LogP contribution in [0.4, 0.5) is 0 Å². The van der Waals surface area contributed by atoms with Gasteiger partial charge in [-0.1, -0.05) is 29.8 Å². The summed E-state index contributed by atoms with van der Waals surface area (Å²) in [5, 5.41) is 55.6. The summed E-state index contributed by atoms with van der Waals surface area (Å²) in [5.74, 6) is -0.340. The molecular weight excluding hydrogens is 404 g/mol. The number of aryl methyl sites for hydroxylation is 1. The van der Waals surface area contributed by atoms with Crippen LogP contribution in [0.15, 0.2) is 72.8 Å². The Morgan fingerprint density at radius 3 is 1.41 bits per heavy atom.